The SMILES string of the molecule is Nc1cc(SC(F)(F)F)ncc1C(=O)O. The molecule has 0 fully saturated rings. The standard InChI is InChI=1S/C7H5F3N2O2S/c8-7(9,10)15-5-1-4(11)3(2-12-5)6(13)14/h1-2H,(H2,11,12)(H,13,14). The molecule has 82 valence electrons. The molecule has 1 aromatic rings. The van der Waals surface area contributed by atoms with Gasteiger partial charge in [-0.2, -0.15) is 13.2 Å². The molecule has 0 aliphatic carbocycles. The highest BCUT2D eigenvalue weighted by molar-refractivity contribution is 8.00. The van der Waals surface area contributed by atoms with Gasteiger partial charge in [0.2, 0.25) is 0 Å². The summed E-state index contributed by atoms with van der Waals surface area (Å²) < 4.78 is 35.7. The third-order valence-corrected chi connectivity index (χ3v) is 2.03. The molecule has 1 aromatic heterocycles. The van der Waals surface area contributed by atoms with Gasteiger partial charge in [-0.15, -0.1) is 0 Å². The number of halogens is 3. The Balaban J connectivity index is 2.97. The van der Waals surface area contributed by atoms with Gasteiger partial charge in [-0.25, -0.2) is 9.78 Å². The second-order valence-electron chi connectivity index (χ2n) is 2.46. The quantitative estimate of drug-likeness (QED) is 0.770. The van der Waals surface area contributed by atoms with E-state index in [1.807, 2.05) is 0 Å². The highest BCUT2D eigenvalue weighted by atomic mass is 32.2. The molecule has 1 heterocycles. The smallest absolute Gasteiger partial charge is 0.447 e. The van der Waals surface area contributed by atoms with Crippen molar-refractivity contribution in [2.45, 2.75) is 10.5 Å². The number of nitrogens with two attached hydrogens (primary N) is 1. The highest BCUT2D eigenvalue weighted by Gasteiger charge is 2.30. The number of nitrogen functional groups attached to an aromatic ring is 1. The number of rotatable bonds is 2. The van der Waals surface area contributed by atoms with E-state index in [0.29, 0.717) is 0 Å². The molecule has 0 amide bonds. The predicted octanol–water partition coefficient (Wildman–Crippen LogP) is 1.97. The molecular weight excluding hydrogens is 233 g/mol. The van der Waals surface area contributed by atoms with Crippen molar-refractivity contribution < 1.29 is 23.1 Å². The molecule has 0 saturated heterocycles. The summed E-state index contributed by atoms with van der Waals surface area (Å²) in [7, 11) is 0. The van der Waals surface area contributed by atoms with E-state index in [-0.39, 0.29) is 16.3 Å². The monoisotopic (exact) mass is 238 g/mol. The zero-order valence-electron chi connectivity index (χ0n) is 7.08. The Kier molecular flexibility index (Phi) is 3.08. The number of thioether (sulfide) groups is 1. The van der Waals surface area contributed by atoms with Gasteiger partial charge in [0.25, 0.3) is 0 Å². The molecule has 0 aliphatic heterocycles. The lowest BCUT2D eigenvalue weighted by atomic mass is 10.2. The summed E-state index contributed by atoms with van der Waals surface area (Å²) in [5.41, 5.74) is 0.207. The summed E-state index contributed by atoms with van der Waals surface area (Å²) in [6.45, 7) is 0. The van der Waals surface area contributed by atoms with Gasteiger partial charge in [-0.05, 0) is 6.07 Å². The Labute approximate surface area is 86.3 Å². The largest absolute Gasteiger partial charge is 0.478 e. The molecule has 1 rings (SSSR count). The number of hydrogen-bond donors (Lipinski definition) is 2. The maximum Gasteiger partial charge on any atom is 0.447 e. The second-order valence-corrected chi connectivity index (χ2v) is 3.55. The Hall–Kier alpha value is -1.44. The van der Waals surface area contributed by atoms with Crippen LogP contribution < -0.4 is 5.73 Å². The third kappa shape index (κ3) is 3.31. The lowest BCUT2D eigenvalue weighted by Crippen LogP contribution is -2.05. The van der Waals surface area contributed by atoms with Crippen molar-refractivity contribution in [3.8, 4) is 0 Å². The van der Waals surface area contributed by atoms with Gasteiger partial charge in [-0.1, -0.05) is 0 Å². The average molecular weight is 238 g/mol. The van der Waals surface area contributed by atoms with Gasteiger partial charge in [0.1, 0.15) is 10.6 Å². The third-order valence-electron chi connectivity index (χ3n) is 1.36. The average Bonchev–Trinajstić information content (AvgIpc) is 1.99. The van der Waals surface area contributed by atoms with Crippen LogP contribution in [0.3, 0.4) is 0 Å². The fourth-order valence-corrected chi connectivity index (χ4v) is 1.33. The molecule has 0 radical (unpaired) electrons. The summed E-state index contributed by atoms with van der Waals surface area (Å²) in [5, 5.41) is 8.16. The molecule has 0 saturated carbocycles. The highest BCUT2D eigenvalue weighted by Crippen LogP contribution is 2.36. The maximum absolute atomic E-state index is 11.9. The number of aromatic nitrogens is 1. The number of hydrogen-bond acceptors (Lipinski definition) is 4. The molecule has 0 bridgehead atoms. The lowest BCUT2D eigenvalue weighted by molar-refractivity contribution is -0.0329. The van der Waals surface area contributed by atoms with Crippen LogP contribution in [0.1, 0.15) is 10.4 Å². The number of carboxylic acid groups (broad SMARTS) is 1. The molecule has 15 heavy (non-hydrogen) atoms. The first-order valence-electron chi connectivity index (χ1n) is 3.54. The van der Waals surface area contributed by atoms with Gasteiger partial charge in [0.15, 0.2) is 0 Å². The number of pyridine rings is 1. The van der Waals surface area contributed by atoms with Crippen LogP contribution in [0.2, 0.25) is 0 Å². The fourth-order valence-electron chi connectivity index (χ4n) is 0.804. The van der Waals surface area contributed by atoms with Crippen molar-refractivity contribution in [3.63, 3.8) is 0 Å². The minimum Gasteiger partial charge on any atom is -0.478 e. The second kappa shape index (κ2) is 3.97. The Bertz CT molecular complexity index is 394. The van der Waals surface area contributed by atoms with Gasteiger partial charge < -0.3 is 10.8 Å². The minimum absolute atomic E-state index is 0.246. The summed E-state index contributed by atoms with van der Waals surface area (Å²) in [4.78, 5) is 13.8. The summed E-state index contributed by atoms with van der Waals surface area (Å²) in [6, 6.07) is 0.877. The van der Waals surface area contributed by atoms with Crippen molar-refractivity contribution in [2.24, 2.45) is 0 Å². The first-order valence-corrected chi connectivity index (χ1v) is 4.36. The van der Waals surface area contributed by atoms with Crippen LogP contribution in [0.15, 0.2) is 17.3 Å². The van der Waals surface area contributed by atoms with Crippen LogP contribution in [0.25, 0.3) is 0 Å². The van der Waals surface area contributed by atoms with Crippen LogP contribution in [0, 0.1) is 0 Å². The summed E-state index contributed by atoms with van der Waals surface area (Å²) in [5.74, 6) is -1.33. The summed E-state index contributed by atoms with van der Waals surface area (Å²) in [6.07, 6.45) is 0.797. The predicted molar refractivity (Wildman–Crippen MR) is 47.5 cm³/mol. The van der Waals surface area contributed by atoms with E-state index >= 15 is 0 Å². The summed E-state index contributed by atoms with van der Waals surface area (Å²) >= 11 is -0.449. The molecular formula is C7H5F3N2O2S. The van der Waals surface area contributed by atoms with Crippen LogP contribution in [-0.2, 0) is 0 Å². The van der Waals surface area contributed by atoms with Crippen molar-refractivity contribution in [1.29, 1.82) is 0 Å². The van der Waals surface area contributed by atoms with Crippen LogP contribution in [-0.4, -0.2) is 21.6 Å². The number of anilines is 1. The number of carbonyl (C=O) groups is 1. The number of carboxylic acids is 1. The van der Waals surface area contributed by atoms with E-state index in [1.54, 1.807) is 0 Å². The van der Waals surface area contributed by atoms with Gasteiger partial charge >= 0.3 is 11.5 Å². The van der Waals surface area contributed by atoms with E-state index in [2.05, 4.69) is 4.98 Å². The Morgan fingerprint density at radius 1 is 1.53 bits per heavy atom. The van der Waals surface area contributed by atoms with Crippen molar-refractivity contribution in [3.05, 3.63) is 17.8 Å². The number of nitrogens with zero attached hydrogens (tertiary/aromatic N) is 1. The van der Waals surface area contributed by atoms with Gasteiger partial charge in [0.05, 0.1) is 5.69 Å². The van der Waals surface area contributed by atoms with Gasteiger partial charge in [-0.3, -0.25) is 0 Å². The minimum atomic E-state index is -4.47. The maximum atomic E-state index is 11.9. The molecule has 4 nitrogen and oxygen atoms in total. The number of alkyl halides is 3. The zero-order chi connectivity index (χ0) is 11.6. The van der Waals surface area contributed by atoms with E-state index in [9.17, 15) is 18.0 Å². The normalized spacial score (nSPS) is 11.4. The van der Waals surface area contributed by atoms with Crippen LogP contribution in [0.4, 0.5) is 18.9 Å². The van der Waals surface area contributed by atoms with Crippen LogP contribution in [0.5, 0.6) is 0 Å². The molecule has 0 unspecified atom stereocenters. The first kappa shape index (κ1) is 11.6. The molecule has 0 atom stereocenters. The topological polar surface area (TPSA) is 76.2 Å². The van der Waals surface area contributed by atoms with Crippen molar-refractivity contribution >= 4 is 23.4 Å². The zero-order valence-corrected chi connectivity index (χ0v) is 7.89. The molecule has 3 N–H and O–H groups in total. The van der Waals surface area contributed by atoms with E-state index in [1.165, 1.54) is 0 Å². The first-order chi connectivity index (χ1) is 6.79. The molecule has 0 spiro atoms. The molecule has 0 aromatic carbocycles. The lowest BCUT2D eigenvalue weighted by Gasteiger charge is -2.06. The number of aromatic carboxylic acids is 1. The van der Waals surface area contributed by atoms with Crippen molar-refractivity contribution in [2.75, 3.05) is 5.73 Å². The van der Waals surface area contributed by atoms with E-state index in [4.69, 9.17) is 10.8 Å². The fraction of sp³-hybridized carbons (Fsp3) is 0.143. The van der Waals surface area contributed by atoms with Gasteiger partial charge in [0, 0.05) is 18.0 Å². The molecule has 0 aliphatic rings. The van der Waals surface area contributed by atoms with Crippen LogP contribution >= 0.6 is 11.8 Å². The Morgan fingerprint density at radius 2 is 2.13 bits per heavy atom. The van der Waals surface area contributed by atoms with E-state index in [0.717, 1.165) is 12.3 Å². The van der Waals surface area contributed by atoms with Crippen molar-refractivity contribution in [1.82, 2.24) is 4.98 Å². The Morgan fingerprint density at radius 3 is 2.53 bits per heavy atom. The molecule has 8 heteroatoms. The van der Waals surface area contributed by atoms with E-state index < -0.39 is 23.2 Å².